The summed E-state index contributed by atoms with van der Waals surface area (Å²) < 4.78 is 6.62. The maximum atomic E-state index is 11.7. The van der Waals surface area contributed by atoms with E-state index in [1.807, 2.05) is 0 Å². The molecule has 0 saturated carbocycles. The normalized spacial score (nSPS) is 27.3. The van der Waals surface area contributed by atoms with E-state index >= 15 is 0 Å². The number of hydrogen-bond acceptors (Lipinski definition) is 6. The van der Waals surface area contributed by atoms with Gasteiger partial charge in [0, 0.05) is 18.2 Å². The zero-order valence-electron chi connectivity index (χ0n) is 9.69. The summed E-state index contributed by atoms with van der Waals surface area (Å²) in [5, 5.41) is 18.6. The highest BCUT2D eigenvalue weighted by Crippen LogP contribution is 2.27. The van der Waals surface area contributed by atoms with Gasteiger partial charge in [-0.2, -0.15) is 4.98 Å². The van der Waals surface area contributed by atoms with Crippen molar-refractivity contribution >= 4 is 11.9 Å². The van der Waals surface area contributed by atoms with Gasteiger partial charge in [-0.25, -0.2) is 4.79 Å². The first kappa shape index (κ1) is 12.7. The minimum atomic E-state index is -0.809. The molecule has 7 heteroatoms. The highest BCUT2D eigenvalue weighted by atomic mass is 16.5. The fraction of sp³-hybridized carbons (Fsp3) is 0.455. The molecule has 0 aliphatic carbocycles. The number of aliphatic hydroxyl groups is 2. The van der Waals surface area contributed by atoms with E-state index in [1.165, 1.54) is 16.8 Å². The van der Waals surface area contributed by atoms with E-state index in [2.05, 4.69) is 11.6 Å². The molecule has 1 fully saturated rings. The van der Waals surface area contributed by atoms with Crippen LogP contribution < -0.4 is 11.4 Å². The number of ether oxygens (including phenoxy) is 1. The summed E-state index contributed by atoms with van der Waals surface area (Å²) in [5.74, 6) is 0.100. The molecule has 4 N–H and O–H groups in total. The van der Waals surface area contributed by atoms with Crippen molar-refractivity contribution < 1.29 is 14.9 Å². The molecule has 0 amide bonds. The minimum Gasteiger partial charge on any atom is -0.394 e. The number of nitrogen functional groups attached to an aromatic ring is 1. The second-order valence-electron chi connectivity index (χ2n) is 4.09. The van der Waals surface area contributed by atoms with Gasteiger partial charge in [0.25, 0.3) is 0 Å². The lowest BCUT2D eigenvalue weighted by Gasteiger charge is -2.15. The summed E-state index contributed by atoms with van der Waals surface area (Å²) >= 11 is 0. The summed E-state index contributed by atoms with van der Waals surface area (Å²) in [7, 11) is 0. The second-order valence-corrected chi connectivity index (χ2v) is 4.09. The van der Waals surface area contributed by atoms with Crippen molar-refractivity contribution in [1.82, 2.24) is 9.55 Å². The van der Waals surface area contributed by atoms with Crippen LogP contribution >= 0.6 is 0 Å². The summed E-state index contributed by atoms with van der Waals surface area (Å²) in [5.41, 5.74) is 5.51. The Kier molecular flexibility index (Phi) is 3.46. The van der Waals surface area contributed by atoms with Crippen LogP contribution in [0.25, 0.3) is 6.08 Å². The lowest BCUT2D eigenvalue weighted by molar-refractivity contribution is -0.0458. The Morgan fingerprint density at radius 1 is 1.72 bits per heavy atom. The predicted octanol–water partition coefficient (Wildman–Crippen LogP) is -0.891. The Balaban J connectivity index is 2.35. The lowest BCUT2D eigenvalue weighted by atomic mass is 10.2. The standard InChI is InChI=1S/C11H15N3O4/c1-2-6-4-14(11(17)13-10(6)12)9-3-7(16)8(5-15)18-9/h2,4,7-9,15-16H,1,3,5H2,(H2,12,13,17)/t7-,8+,9+/m0/s1. The van der Waals surface area contributed by atoms with Crippen LogP contribution in [0.2, 0.25) is 0 Å². The zero-order chi connectivity index (χ0) is 13.3. The summed E-state index contributed by atoms with van der Waals surface area (Å²) in [4.78, 5) is 15.4. The molecule has 1 aromatic rings. The molecule has 7 nitrogen and oxygen atoms in total. The Labute approximate surface area is 103 Å². The van der Waals surface area contributed by atoms with Crippen molar-refractivity contribution in [2.24, 2.45) is 0 Å². The zero-order valence-corrected chi connectivity index (χ0v) is 9.69. The van der Waals surface area contributed by atoms with Gasteiger partial charge in [0.1, 0.15) is 18.1 Å². The van der Waals surface area contributed by atoms with Gasteiger partial charge in [0.15, 0.2) is 0 Å². The fourth-order valence-corrected chi connectivity index (χ4v) is 1.91. The molecule has 1 aliphatic heterocycles. The molecule has 2 rings (SSSR count). The molecular formula is C11H15N3O4. The van der Waals surface area contributed by atoms with Crippen LogP contribution in [-0.4, -0.2) is 38.6 Å². The van der Waals surface area contributed by atoms with E-state index in [4.69, 9.17) is 15.6 Å². The highest BCUT2D eigenvalue weighted by molar-refractivity contribution is 5.57. The van der Waals surface area contributed by atoms with Crippen LogP contribution in [0.5, 0.6) is 0 Å². The fourth-order valence-electron chi connectivity index (χ4n) is 1.91. The molecule has 0 unspecified atom stereocenters. The molecule has 3 atom stereocenters. The quantitative estimate of drug-likeness (QED) is 0.644. The van der Waals surface area contributed by atoms with Crippen LogP contribution in [0.4, 0.5) is 5.82 Å². The van der Waals surface area contributed by atoms with Crippen LogP contribution in [0.1, 0.15) is 18.2 Å². The first-order valence-corrected chi connectivity index (χ1v) is 5.52. The average Bonchev–Trinajstić information content (AvgIpc) is 2.70. The molecule has 1 aliphatic rings. The number of aliphatic hydroxyl groups excluding tert-OH is 2. The van der Waals surface area contributed by atoms with Crippen LogP contribution in [0.15, 0.2) is 17.6 Å². The van der Waals surface area contributed by atoms with Crippen LogP contribution in [-0.2, 0) is 4.74 Å². The van der Waals surface area contributed by atoms with Gasteiger partial charge in [-0.15, -0.1) is 0 Å². The third-order valence-corrected chi connectivity index (χ3v) is 2.93. The lowest BCUT2D eigenvalue weighted by Crippen LogP contribution is -2.28. The van der Waals surface area contributed by atoms with Crippen molar-refractivity contribution in [3.63, 3.8) is 0 Å². The van der Waals surface area contributed by atoms with Crippen LogP contribution in [0, 0.1) is 0 Å². The largest absolute Gasteiger partial charge is 0.394 e. The molecule has 18 heavy (non-hydrogen) atoms. The Hall–Kier alpha value is -1.70. The molecule has 0 aromatic carbocycles. The van der Waals surface area contributed by atoms with Crippen molar-refractivity contribution in [1.29, 1.82) is 0 Å². The Morgan fingerprint density at radius 2 is 2.44 bits per heavy atom. The molecule has 2 heterocycles. The number of hydrogen-bond donors (Lipinski definition) is 3. The van der Waals surface area contributed by atoms with Gasteiger partial charge in [-0.3, -0.25) is 4.57 Å². The summed E-state index contributed by atoms with van der Waals surface area (Å²) in [6.07, 6.45) is 1.02. The van der Waals surface area contributed by atoms with Gasteiger partial charge in [0.2, 0.25) is 0 Å². The van der Waals surface area contributed by atoms with Crippen molar-refractivity contribution in [2.45, 2.75) is 24.9 Å². The van der Waals surface area contributed by atoms with Gasteiger partial charge >= 0.3 is 5.69 Å². The smallest absolute Gasteiger partial charge is 0.351 e. The minimum absolute atomic E-state index is 0.100. The van der Waals surface area contributed by atoms with Crippen molar-refractivity contribution in [3.05, 3.63) is 28.8 Å². The monoisotopic (exact) mass is 253 g/mol. The summed E-state index contributed by atoms with van der Waals surface area (Å²) in [6.45, 7) is 3.27. The van der Waals surface area contributed by atoms with E-state index < -0.39 is 24.1 Å². The number of aromatic nitrogens is 2. The highest BCUT2D eigenvalue weighted by Gasteiger charge is 2.35. The number of rotatable bonds is 3. The Morgan fingerprint density at radius 3 is 3.00 bits per heavy atom. The first-order chi connectivity index (χ1) is 8.56. The maximum Gasteiger partial charge on any atom is 0.351 e. The topological polar surface area (TPSA) is 111 Å². The number of nitrogens with zero attached hydrogens (tertiary/aromatic N) is 2. The van der Waals surface area contributed by atoms with E-state index in [-0.39, 0.29) is 18.8 Å². The Bertz CT molecular complexity index is 514. The van der Waals surface area contributed by atoms with Gasteiger partial charge < -0.3 is 20.7 Å². The van der Waals surface area contributed by atoms with E-state index in [1.54, 1.807) is 0 Å². The van der Waals surface area contributed by atoms with Gasteiger partial charge in [-0.05, 0) is 0 Å². The third kappa shape index (κ3) is 2.15. The molecule has 0 spiro atoms. The number of nitrogens with two attached hydrogens (primary N) is 1. The van der Waals surface area contributed by atoms with E-state index in [0.29, 0.717) is 5.56 Å². The molecular weight excluding hydrogens is 238 g/mol. The van der Waals surface area contributed by atoms with E-state index in [0.717, 1.165) is 0 Å². The first-order valence-electron chi connectivity index (χ1n) is 5.52. The second kappa shape index (κ2) is 4.89. The molecule has 1 aromatic heterocycles. The number of anilines is 1. The molecule has 0 radical (unpaired) electrons. The van der Waals surface area contributed by atoms with Gasteiger partial charge in [0.05, 0.1) is 12.7 Å². The maximum absolute atomic E-state index is 11.7. The van der Waals surface area contributed by atoms with Crippen molar-refractivity contribution in [2.75, 3.05) is 12.3 Å². The van der Waals surface area contributed by atoms with Crippen molar-refractivity contribution in [3.8, 4) is 0 Å². The third-order valence-electron chi connectivity index (χ3n) is 2.93. The van der Waals surface area contributed by atoms with E-state index in [9.17, 15) is 9.90 Å². The molecule has 98 valence electrons. The average molecular weight is 253 g/mol. The SMILES string of the molecule is C=Cc1cn([C@H]2C[C@H](O)[C@@H](CO)O2)c(=O)nc1N. The molecule has 1 saturated heterocycles. The molecule has 0 bridgehead atoms. The summed E-state index contributed by atoms with van der Waals surface area (Å²) in [6, 6.07) is 0. The van der Waals surface area contributed by atoms with Crippen LogP contribution in [0.3, 0.4) is 0 Å². The predicted molar refractivity (Wildman–Crippen MR) is 64.6 cm³/mol. The van der Waals surface area contributed by atoms with Gasteiger partial charge in [-0.1, -0.05) is 12.7 Å².